The number of nitrogens with zero attached hydrogens (tertiary/aromatic N) is 6. The number of ether oxygens (including phenoxy) is 1. The lowest BCUT2D eigenvalue weighted by Gasteiger charge is -2.41. The van der Waals surface area contributed by atoms with Crippen molar-refractivity contribution in [3.8, 4) is 16.8 Å². The van der Waals surface area contributed by atoms with Gasteiger partial charge in [0.15, 0.2) is 23.3 Å². The van der Waals surface area contributed by atoms with E-state index in [9.17, 15) is 28.5 Å². The Morgan fingerprint density at radius 3 is 2.48 bits per heavy atom. The summed E-state index contributed by atoms with van der Waals surface area (Å²) in [6, 6.07) is 6.04. The number of hydrogen-bond donors (Lipinski definition) is 3. The molecule has 0 spiro atoms. The lowest BCUT2D eigenvalue weighted by molar-refractivity contribution is -0.210. The Hall–Kier alpha value is -3.69. The first-order chi connectivity index (χ1) is 19.1. The standard InChI is InChI=1S/C26H23F3N6O4S/c1-11-31-26(35(33-11)15-3-4-18-20(7-15)40-12(2)32-18)25-24(38)22(23(37)19(10-36)39-25)34-9-14(8-30-34)13-5-16(27)21(29)17(28)6-13/h3-9,19,22-25,36-38H,10H2,1-2H3/t19?,22?,23-,24-,25+/m0/s1. The maximum absolute atomic E-state index is 13.8. The Bertz CT molecular complexity index is 1700. The van der Waals surface area contributed by atoms with Crippen molar-refractivity contribution < 1.29 is 33.2 Å². The summed E-state index contributed by atoms with van der Waals surface area (Å²) in [5, 5.41) is 42.1. The van der Waals surface area contributed by atoms with Gasteiger partial charge in [-0.1, -0.05) is 0 Å². The van der Waals surface area contributed by atoms with Gasteiger partial charge in [0.05, 0.1) is 33.7 Å². The predicted molar refractivity (Wildman–Crippen MR) is 137 cm³/mol. The van der Waals surface area contributed by atoms with Gasteiger partial charge in [0.2, 0.25) is 0 Å². The van der Waals surface area contributed by atoms with E-state index in [2.05, 4.69) is 20.2 Å². The monoisotopic (exact) mass is 572 g/mol. The van der Waals surface area contributed by atoms with Crippen molar-refractivity contribution in [1.82, 2.24) is 29.5 Å². The average Bonchev–Trinajstić information content (AvgIpc) is 3.64. The van der Waals surface area contributed by atoms with Crippen molar-refractivity contribution >= 4 is 21.6 Å². The molecule has 14 heteroatoms. The molecule has 0 radical (unpaired) electrons. The smallest absolute Gasteiger partial charge is 0.194 e. The Labute approximate surface area is 228 Å². The maximum Gasteiger partial charge on any atom is 0.194 e. The highest BCUT2D eigenvalue weighted by Crippen LogP contribution is 2.39. The number of thiazole rings is 1. The molecule has 0 amide bonds. The number of benzene rings is 2. The molecule has 208 valence electrons. The van der Waals surface area contributed by atoms with Crippen LogP contribution in [-0.4, -0.2) is 69.8 Å². The van der Waals surface area contributed by atoms with Crippen molar-refractivity contribution in [3.63, 3.8) is 0 Å². The summed E-state index contributed by atoms with van der Waals surface area (Å²) < 4.78 is 50.7. The van der Waals surface area contributed by atoms with Gasteiger partial charge in [-0.2, -0.15) is 10.2 Å². The number of rotatable bonds is 5. The van der Waals surface area contributed by atoms with E-state index in [0.717, 1.165) is 27.4 Å². The normalized spacial score (nSPS) is 23.2. The molecular formula is C26H23F3N6O4S. The Kier molecular flexibility index (Phi) is 6.67. The first-order valence-electron chi connectivity index (χ1n) is 12.3. The second-order valence-electron chi connectivity index (χ2n) is 9.53. The Balaban J connectivity index is 1.39. The summed E-state index contributed by atoms with van der Waals surface area (Å²) in [5.74, 6) is -3.69. The molecule has 5 atom stereocenters. The maximum atomic E-state index is 13.8. The minimum atomic E-state index is -1.59. The molecule has 1 fully saturated rings. The van der Waals surface area contributed by atoms with E-state index in [1.807, 2.05) is 25.1 Å². The molecule has 40 heavy (non-hydrogen) atoms. The van der Waals surface area contributed by atoms with Crippen molar-refractivity contribution in [2.75, 3.05) is 6.61 Å². The average molecular weight is 573 g/mol. The van der Waals surface area contributed by atoms with Crippen LogP contribution in [0.1, 0.15) is 28.8 Å². The van der Waals surface area contributed by atoms with Crippen LogP contribution in [0.25, 0.3) is 27.0 Å². The van der Waals surface area contributed by atoms with Gasteiger partial charge in [0.25, 0.3) is 0 Å². The van der Waals surface area contributed by atoms with E-state index in [1.54, 1.807) is 6.92 Å². The molecular weight excluding hydrogens is 549 g/mol. The zero-order chi connectivity index (χ0) is 28.3. The van der Waals surface area contributed by atoms with E-state index in [1.165, 1.54) is 33.1 Å². The fourth-order valence-electron chi connectivity index (χ4n) is 4.97. The quantitative estimate of drug-likeness (QED) is 0.274. The van der Waals surface area contributed by atoms with Crippen LogP contribution in [0.2, 0.25) is 0 Å². The second kappa shape index (κ2) is 10.1. The molecule has 1 aliphatic rings. The molecule has 3 N–H and O–H groups in total. The van der Waals surface area contributed by atoms with Gasteiger partial charge in [0.1, 0.15) is 36.3 Å². The molecule has 2 aromatic carbocycles. The van der Waals surface area contributed by atoms with E-state index in [0.29, 0.717) is 11.5 Å². The summed E-state index contributed by atoms with van der Waals surface area (Å²) in [6.07, 6.45) is -2.52. The van der Waals surface area contributed by atoms with Crippen LogP contribution < -0.4 is 0 Å². The fraction of sp³-hybridized carbons (Fsp3) is 0.308. The first-order valence-corrected chi connectivity index (χ1v) is 13.1. The summed E-state index contributed by atoms with van der Waals surface area (Å²) >= 11 is 1.52. The van der Waals surface area contributed by atoms with Gasteiger partial charge in [0, 0.05) is 11.8 Å². The number of aromatic nitrogens is 6. The zero-order valence-corrected chi connectivity index (χ0v) is 21.9. The van der Waals surface area contributed by atoms with Crippen LogP contribution in [0.15, 0.2) is 42.7 Å². The van der Waals surface area contributed by atoms with E-state index < -0.39 is 54.5 Å². The third kappa shape index (κ3) is 4.47. The summed E-state index contributed by atoms with van der Waals surface area (Å²) in [6.45, 7) is 3.01. The molecule has 0 bridgehead atoms. The molecule has 0 aliphatic carbocycles. The van der Waals surface area contributed by atoms with Crippen molar-refractivity contribution in [2.45, 2.75) is 44.3 Å². The molecule has 1 saturated heterocycles. The minimum Gasteiger partial charge on any atom is -0.394 e. The van der Waals surface area contributed by atoms with Crippen LogP contribution in [0, 0.1) is 31.3 Å². The predicted octanol–water partition coefficient (Wildman–Crippen LogP) is 3.17. The fourth-order valence-corrected chi connectivity index (χ4v) is 5.83. The lowest BCUT2D eigenvalue weighted by atomic mass is 9.92. The van der Waals surface area contributed by atoms with Gasteiger partial charge >= 0.3 is 0 Å². The summed E-state index contributed by atoms with van der Waals surface area (Å²) in [5.41, 5.74) is 1.70. The molecule has 3 aromatic heterocycles. The number of aliphatic hydroxyl groups excluding tert-OH is 3. The van der Waals surface area contributed by atoms with E-state index in [-0.39, 0.29) is 17.0 Å². The zero-order valence-electron chi connectivity index (χ0n) is 21.1. The third-order valence-electron chi connectivity index (χ3n) is 6.83. The highest BCUT2D eigenvalue weighted by molar-refractivity contribution is 7.18. The molecule has 10 nitrogen and oxygen atoms in total. The highest BCUT2D eigenvalue weighted by Gasteiger charge is 2.48. The Morgan fingerprint density at radius 2 is 1.75 bits per heavy atom. The topological polar surface area (TPSA) is 131 Å². The number of fused-ring (bicyclic) bond motifs is 1. The minimum absolute atomic E-state index is 0.0120. The SMILES string of the molecule is Cc1nc([C@@H]2OC(CO)[C@H](O)C(n3cc(-c4cc(F)c(F)c(F)c4)cn3)[C@@H]2O)n(-c2ccc3nc(C)sc3c2)n1. The molecule has 1 aliphatic heterocycles. The van der Waals surface area contributed by atoms with Crippen LogP contribution in [-0.2, 0) is 4.74 Å². The van der Waals surface area contributed by atoms with Gasteiger partial charge in [-0.15, -0.1) is 11.3 Å². The molecule has 2 unspecified atom stereocenters. The third-order valence-corrected chi connectivity index (χ3v) is 7.77. The van der Waals surface area contributed by atoms with Crippen molar-refractivity contribution in [2.24, 2.45) is 0 Å². The molecule has 0 saturated carbocycles. The van der Waals surface area contributed by atoms with Crippen molar-refractivity contribution in [3.05, 3.63) is 76.8 Å². The van der Waals surface area contributed by atoms with Crippen LogP contribution >= 0.6 is 11.3 Å². The van der Waals surface area contributed by atoms with E-state index >= 15 is 0 Å². The van der Waals surface area contributed by atoms with Crippen molar-refractivity contribution in [1.29, 1.82) is 0 Å². The summed E-state index contributed by atoms with van der Waals surface area (Å²) in [4.78, 5) is 8.96. The lowest BCUT2D eigenvalue weighted by Crippen LogP contribution is -2.53. The molecule has 4 heterocycles. The first kappa shape index (κ1) is 26.5. The number of hydrogen-bond acceptors (Lipinski definition) is 9. The van der Waals surface area contributed by atoms with Gasteiger partial charge in [-0.05, 0) is 49.7 Å². The van der Waals surface area contributed by atoms with Gasteiger partial charge < -0.3 is 20.1 Å². The molecule has 6 rings (SSSR count). The number of aryl methyl sites for hydroxylation is 2. The van der Waals surface area contributed by atoms with Crippen LogP contribution in [0.4, 0.5) is 13.2 Å². The Morgan fingerprint density at radius 1 is 1.00 bits per heavy atom. The number of halogens is 3. The van der Waals surface area contributed by atoms with Crippen LogP contribution in [0.3, 0.4) is 0 Å². The van der Waals surface area contributed by atoms with Gasteiger partial charge in [-0.25, -0.2) is 27.8 Å². The van der Waals surface area contributed by atoms with Gasteiger partial charge in [-0.3, -0.25) is 4.68 Å². The molecule has 5 aromatic rings. The largest absolute Gasteiger partial charge is 0.394 e. The highest BCUT2D eigenvalue weighted by atomic mass is 32.1. The second-order valence-corrected chi connectivity index (χ2v) is 10.8. The van der Waals surface area contributed by atoms with Crippen LogP contribution in [0.5, 0.6) is 0 Å². The summed E-state index contributed by atoms with van der Waals surface area (Å²) in [7, 11) is 0. The number of aliphatic hydroxyl groups is 3. The van der Waals surface area contributed by atoms with E-state index in [4.69, 9.17) is 4.74 Å².